The second-order valence-corrected chi connectivity index (χ2v) is 14.9. The van der Waals surface area contributed by atoms with Gasteiger partial charge in [-0.15, -0.1) is 0 Å². The number of aromatic hydroxyl groups is 1. The number of carbonyl (C=O) groups excluding carboxylic acids is 2. The van der Waals surface area contributed by atoms with Crippen LogP contribution in [0.4, 0.5) is 11.4 Å². The molecule has 0 saturated carbocycles. The molecule has 0 aromatic heterocycles. The molecule has 0 spiro atoms. The topological polar surface area (TPSA) is 106 Å². The van der Waals surface area contributed by atoms with E-state index in [4.69, 9.17) is 14.2 Å². The van der Waals surface area contributed by atoms with Gasteiger partial charge in [0, 0.05) is 22.5 Å². The maximum atomic E-state index is 12.6. The Morgan fingerprint density at radius 3 is 1.32 bits per heavy atom. The number of hydrogen-bond acceptors (Lipinski definition) is 6. The minimum atomic E-state index is -0.161. The van der Waals surface area contributed by atoms with Crippen molar-refractivity contribution in [3.63, 3.8) is 0 Å². The van der Waals surface area contributed by atoms with E-state index in [9.17, 15) is 14.7 Å². The van der Waals surface area contributed by atoms with Crippen molar-refractivity contribution in [2.24, 2.45) is 0 Å². The number of carbonyl (C=O) groups is 2. The fourth-order valence-corrected chi connectivity index (χ4v) is 6.81. The summed E-state index contributed by atoms with van der Waals surface area (Å²) < 4.78 is 17.9. The quantitative estimate of drug-likeness (QED) is 0.120. The molecule has 0 saturated heterocycles. The molecule has 0 unspecified atom stereocenters. The van der Waals surface area contributed by atoms with Gasteiger partial charge in [-0.05, 0) is 161 Å². The zero-order chi connectivity index (χ0) is 43.5. The van der Waals surface area contributed by atoms with Crippen molar-refractivity contribution < 1.29 is 28.9 Å². The monoisotopic (exact) mass is 828 g/mol. The highest BCUT2D eigenvalue weighted by molar-refractivity contribution is 6.05. The zero-order valence-corrected chi connectivity index (χ0v) is 34.7. The predicted molar refractivity (Wildman–Crippen MR) is 252 cm³/mol. The van der Waals surface area contributed by atoms with Crippen molar-refractivity contribution in [1.82, 2.24) is 0 Å². The first-order valence-electron chi connectivity index (χ1n) is 20.5. The number of para-hydroxylation sites is 2. The fraction of sp³-hybridized carbons (Fsp3) is 0.0545. The Bertz CT molecular complexity index is 3020. The number of phenolic OH excluding ortho intramolecular Hbond substituents is 1. The number of amides is 2. The van der Waals surface area contributed by atoms with Crippen LogP contribution in [0.1, 0.15) is 37.4 Å². The van der Waals surface area contributed by atoms with E-state index in [2.05, 4.69) is 10.6 Å². The van der Waals surface area contributed by atoms with Crippen molar-refractivity contribution in [3.05, 3.63) is 228 Å². The van der Waals surface area contributed by atoms with Crippen LogP contribution in [0.3, 0.4) is 0 Å². The van der Waals surface area contributed by atoms with Crippen LogP contribution >= 0.6 is 0 Å². The standard InChI is InChI=1S/C31H25NO3.C24H19NO3/c1-22-7-5-6-10-30(22)32-31(33)24-11-15-27(16-12-24)35-29-18-14-25-19-28(17-13-26(25)20-29)34-21-23-8-3-2-4-9-23;1-16-4-2-3-5-23(16)25-24(27)17-7-11-21(12-8-17)28-22-13-9-18-14-20(26)10-6-19(18)15-22/h2-20H,21H2,1H3,(H,32,33);2-15,26H,1H3,(H,25,27). The Morgan fingerprint density at radius 1 is 0.429 bits per heavy atom. The molecule has 9 aromatic rings. The summed E-state index contributed by atoms with van der Waals surface area (Å²) >= 11 is 0. The highest BCUT2D eigenvalue weighted by Crippen LogP contribution is 2.30. The number of aryl methyl sites for hydroxylation is 2. The van der Waals surface area contributed by atoms with E-state index in [1.54, 1.807) is 60.7 Å². The molecule has 0 atom stereocenters. The molecule has 2 amide bonds. The fourth-order valence-electron chi connectivity index (χ4n) is 6.81. The van der Waals surface area contributed by atoms with Gasteiger partial charge in [-0.3, -0.25) is 9.59 Å². The van der Waals surface area contributed by atoms with Gasteiger partial charge in [0.2, 0.25) is 0 Å². The molecular weight excluding hydrogens is 785 g/mol. The number of anilines is 2. The number of hydrogen-bond donors (Lipinski definition) is 3. The van der Waals surface area contributed by atoms with Gasteiger partial charge in [0.1, 0.15) is 41.1 Å². The van der Waals surface area contributed by atoms with Gasteiger partial charge < -0.3 is 30.0 Å². The molecular formula is C55H44N2O6. The van der Waals surface area contributed by atoms with Gasteiger partial charge in [0.25, 0.3) is 11.8 Å². The van der Waals surface area contributed by atoms with Crippen molar-refractivity contribution in [1.29, 1.82) is 0 Å². The average molecular weight is 829 g/mol. The summed E-state index contributed by atoms with van der Waals surface area (Å²) in [5.74, 6) is 3.48. The number of rotatable bonds is 11. The van der Waals surface area contributed by atoms with Crippen LogP contribution in [0.2, 0.25) is 0 Å². The van der Waals surface area contributed by atoms with E-state index >= 15 is 0 Å². The third-order valence-corrected chi connectivity index (χ3v) is 10.3. The summed E-state index contributed by atoms with van der Waals surface area (Å²) in [4.78, 5) is 25.0. The van der Waals surface area contributed by atoms with Gasteiger partial charge in [-0.25, -0.2) is 0 Å². The van der Waals surface area contributed by atoms with Gasteiger partial charge >= 0.3 is 0 Å². The number of benzene rings is 9. The first-order valence-corrected chi connectivity index (χ1v) is 20.5. The summed E-state index contributed by atoms with van der Waals surface area (Å²) in [5.41, 5.74) is 5.91. The van der Waals surface area contributed by atoms with E-state index in [-0.39, 0.29) is 17.6 Å². The van der Waals surface area contributed by atoms with E-state index in [0.717, 1.165) is 61.1 Å². The Balaban J connectivity index is 0.000000177. The van der Waals surface area contributed by atoms with Crippen LogP contribution in [0, 0.1) is 13.8 Å². The Hall–Kier alpha value is -8.36. The average Bonchev–Trinajstić information content (AvgIpc) is 3.31. The highest BCUT2D eigenvalue weighted by Gasteiger charge is 2.11. The molecule has 310 valence electrons. The van der Waals surface area contributed by atoms with Gasteiger partial charge in [0.05, 0.1) is 0 Å². The molecule has 8 nitrogen and oxygen atoms in total. The third-order valence-electron chi connectivity index (χ3n) is 10.3. The van der Waals surface area contributed by atoms with E-state index in [1.807, 2.05) is 153 Å². The molecule has 0 aliphatic carbocycles. The second kappa shape index (κ2) is 19.4. The normalized spacial score (nSPS) is 10.6. The molecule has 9 aromatic carbocycles. The molecule has 0 fully saturated rings. The summed E-state index contributed by atoms with van der Waals surface area (Å²) in [6.45, 7) is 4.46. The van der Waals surface area contributed by atoms with Crippen molar-refractivity contribution >= 4 is 44.7 Å². The molecule has 9 rings (SSSR count). The van der Waals surface area contributed by atoms with Crippen LogP contribution in [0.15, 0.2) is 200 Å². The molecule has 8 heteroatoms. The highest BCUT2D eigenvalue weighted by atomic mass is 16.5. The van der Waals surface area contributed by atoms with Crippen LogP contribution in [0.5, 0.6) is 34.5 Å². The third kappa shape index (κ3) is 10.9. The lowest BCUT2D eigenvalue weighted by molar-refractivity contribution is 0.101. The van der Waals surface area contributed by atoms with Crippen molar-refractivity contribution in [3.8, 4) is 34.5 Å². The van der Waals surface area contributed by atoms with Crippen LogP contribution in [-0.2, 0) is 6.61 Å². The largest absolute Gasteiger partial charge is 0.508 e. The first kappa shape index (κ1) is 41.4. The van der Waals surface area contributed by atoms with Crippen LogP contribution in [-0.4, -0.2) is 16.9 Å². The summed E-state index contributed by atoms with van der Waals surface area (Å²) in [6, 6.07) is 62.5. The van der Waals surface area contributed by atoms with Crippen LogP contribution in [0.25, 0.3) is 21.5 Å². The summed E-state index contributed by atoms with van der Waals surface area (Å²) in [7, 11) is 0. The lowest BCUT2D eigenvalue weighted by atomic mass is 10.1. The Labute approximate surface area is 366 Å². The molecule has 0 heterocycles. The Morgan fingerprint density at radius 2 is 0.825 bits per heavy atom. The summed E-state index contributed by atoms with van der Waals surface area (Å²) in [5, 5.41) is 19.5. The maximum absolute atomic E-state index is 12.6. The molecule has 0 aliphatic rings. The Kier molecular flexibility index (Phi) is 12.7. The molecule has 0 aliphatic heterocycles. The number of phenols is 1. The lowest BCUT2D eigenvalue weighted by Crippen LogP contribution is -2.12. The number of nitrogens with one attached hydrogen (secondary N) is 2. The minimum absolute atomic E-state index is 0.151. The van der Waals surface area contributed by atoms with Gasteiger partial charge in [-0.1, -0.05) is 91.0 Å². The maximum Gasteiger partial charge on any atom is 0.255 e. The SMILES string of the molecule is Cc1ccccc1NC(=O)c1ccc(Oc2ccc3cc(O)ccc3c2)cc1.Cc1ccccc1NC(=O)c1ccc(Oc2ccc3cc(OCc4ccccc4)ccc3c2)cc1. The van der Waals surface area contributed by atoms with Crippen molar-refractivity contribution in [2.75, 3.05) is 10.6 Å². The zero-order valence-electron chi connectivity index (χ0n) is 34.7. The van der Waals surface area contributed by atoms with E-state index < -0.39 is 0 Å². The molecule has 0 bridgehead atoms. The summed E-state index contributed by atoms with van der Waals surface area (Å²) in [6.07, 6.45) is 0. The lowest BCUT2D eigenvalue weighted by Gasteiger charge is -2.10. The number of fused-ring (bicyclic) bond motifs is 2. The molecule has 0 radical (unpaired) electrons. The molecule has 63 heavy (non-hydrogen) atoms. The molecule has 3 N–H and O–H groups in total. The van der Waals surface area contributed by atoms with E-state index in [1.165, 1.54) is 0 Å². The van der Waals surface area contributed by atoms with Gasteiger partial charge in [-0.2, -0.15) is 0 Å². The van der Waals surface area contributed by atoms with Gasteiger partial charge in [0.15, 0.2) is 0 Å². The van der Waals surface area contributed by atoms with Crippen LogP contribution < -0.4 is 24.8 Å². The smallest absolute Gasteiger partial charge is 0.255 e. The predicted octanol–water partition coefficient (Wildman–Crippen LogP) is 13.7. The minimum Gasteiger partial charge on any atom is -0.508 e. The second-order valence-electron chi connectivity index (χ2n) is 14.9. The van der Waals surface area contributed by atoms with E-state index in [0.29, 0.717) is 35.0 Å². The number of ether oxygens (including phenoxy) is 3. The first-order chi connectivity index (χ1) is 30.7. The van der Waals surface area contributed by atoms with Crippen molar-refractivity contribution in [2.45, 2.75) is 20.5 Å².